The van der Waals surface area contributed by atoms with Gasteiger partial charge in [0.2, 0.25) is 0 Å². The molecule has 1 aromatic carbocycles. The van der Waals surface area contributed by atoms with Gasteiger partial charge in [0.05, 0.1) is 16.5 Å². The Bertz CT molecular complexity index is 475. The number of nitrogens with two attached hydrogens (primary N) is 1. The minimum absolute atomic E-state index is 0.170. The number of carbonyl (C=O) groups is 1. The highest BCUT2D eigenvalue weighted by Gasteiger charge is 2.12. The van der Waals surface area contributed by atoms with Crippen LogP contribution in [0.2, 0.25) is 0 Å². The van der Waals surface area contributed by atoms with E-state index in [9.17, 15) is 4.79 Å². The molecule has 0 aliphatic rings. The number of carboxylic acids is 1. The number of nitrogens with one attached hydrogen (secondary N) is 1. The molecule has 0 saturated heterocycles. The number of aromatic carboxylic acids is 1. The number of nitrogen functional groups attached to an aromatic ring is 1. The summed E-state index contributed by atoms with van der Waals surface area (Å²) in [5, 5.41) is 15.7. The number of nitrogens with zero attached hydrogens (tertiary/aromatic N) is 1. The summed E-state index contributed by atoms with van der Waals surface area (Å²) < 4.78 is 0. The molecule has 5 nitrogen and oxygen atoms in total. The number of carboxylic acid groups (broad SMARTS) is 1. The predicted octanol–water partition coefficient (Wildman–Crippen LogP) is 0.843. The molecule has 0 spiro atoms. The second kappa shape index (κ2) is 2.48. The molecule has 0 fully saturated rings. The lowest BCUT2D eigenvalue weighted by Crippen LogP contribution is -1.97. The number of H-pyrrole nitrogens is 1. The molecule has 1 aromatic heterocycles. The van der Waals surface area contributed by atoms with Crippen molar-refractivity contribution >= 4 is 22.7 Å². The zero-order valence-corrected chi connectivity index (χ0v) is 6.61. The molecule has 0 atom stereocenters. The number of hydrogen-bond acceptors (Lipinski definition) is 3. The SMILES string of the molecule is Nc1n[nH]c2cccc(C(=O)O)c12. The fourth-order valence-electron chi connectivity index (χ4n) is 1.28. The summed E-state index contributed by atoms with van der Waals surface area (Å²) in [6, 6.07) is 4.87. The largest absolute Gasteiger partial charge is 0.478 e. The van der Waals surface area contributed by atoms with Crippen molar-refractivity contribution in [1.29, 1.82) is 0 Å². The van der Waals surface area contributed by atoms with Crippen LogP contribution in [-0.4, -0.2) is 21.3 Å². The molecule has 4 N–H and O–H groups in total. The third-order valence-corrected chi connectivity index (χ3v) is 1.85. The van der Waals surface area contributed by atoms with Gasteiger partial charge >= 0.3 is 5.97 Å². The van der Waals surface area contributed by atoms with Gasteiger partial charge in [0, 0.05) is 0 Å². The predicted molar refractivity (Wildman–Crippen MR) is 47.5 cm³/mol. The summed E-state index contributed by atoms with van der Waals surface area (Å²) in [6.45, 7) is 0. The van der Waals surface area contributed by atoms with E-state index in [1.807, 2.05) is 0 Å². The van der Waals surface area contributed by atoms with E-state index < -0.39 is 5.97 Å². The summed E-state index contributed by atoms with van der Waals surface area (Å²) >= 11 is 0. The van der Waals surface area contributed by atoms with Crippen LogP contribution in [0, 0.1) is 0 Å². The fourth-order valence-corrected chi connectivity index (χ4v) is 1.28. The lowest BCUT2D eigenvalue weighted by molar-refractivity contribution is 0.0699. The molecule has 0 bridgehead atoms. The van der Waals surface area contributed by atoms with Gasteiger partial charge in [-0.25, -0.2) is 4.79 Å². The molecule has 66 valence electrons. The summed E-state index contributed by atoms with van der Waals surface area (Å²) in [6.07, 6.45) is 0. The maximum atomic E-state index is 10.8. The van der Waals surface area contributed by atoms with E-state index in [-0.39, 0.29) is 11.4 Å². The van der Waals surface area contributed by atoms with Crippen LogP contribution in [0.5, 0.6) is 0 Å². The third kappa shape index (κ3) is 1.01. The Morgan fingerprint density at radius 3 is 3.00 bits per heavy atom. The van der Waals surface area contributed by atoms with Crippen LogP contribution >= 0.6 is 0 Å². The van der Waals surface area contributed by atoms with Gasteiger partial charge in [0.1, 0.15) is 0 Å². The first-order valence-electron chi connectivity index (χ1n) is 3.66. The Kier molecular flexibility index (Phi) is 1.45. The van der Waals surface area contributed by atoms with Gasteiger partial charge < -0.3 is 10.8 Å². The molecule has 2 rings (SSSR count). The van der Waals surface area contributed by atoms with Gasteiger partial charge in [-0.2, -0.15) is 5.10 Å². The van der Waals surface area contributed by atoms with Crippen LogP contribution < -0.4 is 5.73 Å². The summed E-state index contributed by atoms with van der Waals surface area (Å²) in [5.74, 6) is -0.785. The van der Waals surface area contributed by atoms with Gasteiger partial charge in [-0.1, -0.05) is 6.07 Å². The number of anilines is 1. The minimum atomic E-state index is -1.00. The average molecular weight is 177 g/mol. The monoisotopic (exact) mass is 177 g/mol. The Labute approximate surface area is 73.2 Å². The Morgan fingerprint density at radius 1 is 1.54 bits per heavy atom. The molecule has 1 heterocycles. The summed E-state index contributed by atoms with van der Waals surface area (Å²) in [4.78, 5) is 10.8. The maximum Gasteiger partial charge on any atom is 0.336 e. The van der Waals surface area contributed by atoms with Gasteiger partial charge in [-0.3, -0.25) is 5.10 Å². The lowest BCUT2D eigenvalue weighted by atomic mass is 10.1. The quantitative estimate of drug-likeness (QED) is 0.601. The second-order valence-corrected chi connectivity index (χ2v) is 2.64. The third-order valence-electron chi connectivity index (χ3n) is 1.85. The smallest absolute Gasteiger partial charge is 0.336 e. The average Bonchev–Trinajstić information content (AvgIpc) is 2.48. The number of aromatic amines is 1. The second-order valence-electron chi connectivity index (χ2n) is 2.64. The van der Waals surface area contributed by atoms with Crippen molar-refractivity contribution in [2.24, 2.45) is 0 Å². The Hall–Kier alpha value is -2.04. The molecule has 0 aliphatic carbocycles. The lowest BCUT2D eigenvalue weighted by Gasteiger charge is -1.95. The molecule has 0 saturated carbocycles. The molecule has 0 unspecified atom stereocenters. The van der Waals surface area contributed by atoms with Crippen LogP contribution in [0.25, 0.3) is 10.9 Å². The van der Waals surface area contributed by atoms with Crippen LogP contribution in [0.4, 0.5) is 5.82 Å². The highest BCUT2D eigenvalue weighted by molar-refractivity contribution is 6.06. The molecule has 0 aliphatic heterocycles. The van der Waals surface area contributed by atoms with E-state index >= 15 is 0 Å². The van der Waals surface area contributed by atoms with Gasteiger partial charge in [-0.05, 0) is 12.1 Å². The number of benzene rings is 1. The highest BCUT2D eigenvalue weighted by Crippen LogP contribution is 2.21. The van der Waals surface area contributed by atoms with E-state index in [2.05, 4.69) is 10.2 Å². The first-order valence-corrected chi connectivity index (χ1v) is 3.66. The number of fused-ring (bicyclic) bond motifs is 1. The highest BCUT2D eigenvalue weighted by atomic mass is 16.4. The number of aromatic nitrogens is 2. The van der Waals surface area contributed by atoms with E-state index in [4.69, 9.17) is 10.8 Å². The number of rotatable bonds is 1. The molecule has 2 aromatic rings. The Balaban J connectivity index is 2.88. The van der Waals surface area contributed by atoms with Crippen molar-refractivity contribution in [3.05, 3.63) is 23.8 Å². The van der Waals surface area contributed by atoms with Crippen LogP contribution in [0.15, 0.2) is 18.2 Å². The zero-order chi connectivity index (χ0) is 9.42. The maximum absolute atomic E-state index is 10.8. The van der Waals surface area contributed by atoms with E-state index in [0.29, 0.717) is 10.9 Å². The molecule has 0 radical (unpaired) electrons. The van der Waals surface area contributed by atoms with Crippen molar-refractivity contribution < 1.29 is 9.90 Å². The Morgan fingerprint density at radius 2 is 2.31 bits per heavy atom. The molecular formula is C8H7N3O2. The molecular weight excluding hydrogens is 170 g/mol. The molecule has 5 heteroatoms. The van der Waals surface area contributed by atoms with Crippen molar-refractivity contribution in [3.8, 4) is 0 Å². The van der Waals surface area contributed by atoms with Crippen molar-refractivity contribution in [2.45, 2.75) is 0 Å². The summed E-state index contributed by atoms with van der Waals surface area (Å²) in [7, 11) is 0. The first-order chi connectivity index (χ1) is 6.20. The van der Waals surface area contributed by atoms with Gasteiger partial charge in [0.25, 0.3) is 0 Å². The van der Waals surface area contributed by atoms with E-state index in [1.54, 1.807) is 12.1 Å². The fraction of sp³-hybridized carbons (Fsp3) is 0. The van der Waals surface area contributed by atoms with E-state index in [1.165, 1.54) is 6.07 Å². The van der Waals surface area contributed by atoms with Crippen LogP contribution in [-0.2, 0) is 0 Å². The normalized spacial score (nSPS) is 10.5. The van der Waals surface area contributed by atoms with Gasteiger partial charge in [0.15, 0.2) is 5.82 Å². The molecule has 13 heavy (non-hydrogen) atoms. The number of hydrogen-bond donors (Lipinski definition) is 3. The van der Waals surface area contributed by atoms with Crippen LogP contribution in [0.1, 0.15) is 10.4 Å². The standard InChI is InChI=1S/C8H7N3O2/c9-7-6-4(8(12)13)2-1-3-5(6)10-11-7/h1-3H,(H,12,13)(H3,9,10,11). The topological polar surface area (TPSA) is 92.0 Å². The summed E-state index contributed by atoms with van der Waals surface area (Å²) in [5.41, 5.74) is 6.32. The van der Waals surface area contributed by atoms with Crippen LogP contribution in [0.3, 0.4) is 0 Å². The van der Waals surface area contributed by atoms with Gasteiger partial charge in [-0.15, -0.1) is 0 Å². The zero-order valence-electron chi connectivity index (χ0n) is 6.61. The van der Waals surface area contributed by atoms with Crippen molar-refractivity contribution in [3.63, 3.8) is 0 Å². The minimum Gasteiger partial charge on any atom is -0.478 e. The van der Waals surface area contributed by atoms with E-state index in [0.717, 1.165) is 0 Å². The van der Waals surface area contributed by atoms with Crippen molar-refractivity contribution in [2.75, 3.05) is 5.73 Å². The first kappa shape index (κ1) is 7.60. The molecule has 0 amide bonds. The van der Waals surface area contributed by atoms with Crippen molar-refractivity contribution in [1.82, 2.24) is 10.2 Å².